The van der Waals surface area contributed by atoms with Gasteiger partial charge in [-0.1, -0.05) is 66.2 Å². The van der Waals surface area contributed by atoms with E-state index in [1.165, 1.54) is 12.0 Å². The lowest BCUT2D eigenvalue weighted by atomic mass is 9.49. The highest BCUT2D eigenvalue weighted by Crippen LogP contribution is 2.65. The molecule has 2 aliphatic heterocycles. The summed E-state index contributed by atoms with van der Waals surface area (Å²) in [6.45, 7) is 0. The van der Waals surface area contributed by atoms with Crippen LogP contribution in [0, 0.1) is 23.7 Å². The zero-order chi connectivity index (χ0) is 39.1. The number of ether oxygens (including phenoxy) is 1. The van der Waals surface area contributed by atoms with Crippen LogP contribution in [-0.4, -0.2) is 56.8 Å². The smallest absolute Gasteiger partial charge is 0.417 e. The molecule has 3 heterocycles. The Morgan fingerprint density at radius 1 is 0.982 bits per heavy atom. The minimum Gasteiger partial charge on any atom is -0.503 e. The first-order valence-electron chi connectivity index (χ1n) is 18.0. The Hall–Kier alpha value is -4.14. The van der Waals surface area contributed by atoms with Crippen molar-refractivity contribution >= 4 is 68.6 Å². The summed E-state index contributed by atoms with van der Waals surface area (Å²) in [5, 5.41) is 11.5. The number of methoxy groups -OCH3 is 1. The largest absolute Gasteiger partial charge is 0.503 e. The topological polar surface area (TPSA) is 129 Å². The number of allylic oxidation sites excluding steroid dienone is 2. The first kappa shape index (κ1) is 37.8. The Morgan fingerprint density at radius 3 is 2.35 bits per heavy atom. The average molecular weight is 863 g/mol. The van der Waals surface area contributed by atoms with E-state index in [1.54, 1.807) is 36.4 Å². The summed E-state index contributed by atoms with van der Waals surface area (Å²) in [4.78, 5) is 64.2. The van der Waals surface area contributed by atoms with E-state index in [0.29, 0.717) is 34.0 Å². The fourth-order valence-corrected chi connectivity index (χ4v) is 10.6. The molecular weight excluding hydrogens is 828 g/mol. The summed E-state index contributed by atoms with van der Waals surface area (Å²) in [5.74, 6) is -6.71. The number of alkyl halides is 3. The molecule has 5 aliphatic rings. The molecule has 0 spiro atoms. The van der Waals surface area contributed by atoms with Crippen molar-refractivity contribution < 1.29 is 42.2 Å². The van der Waals surface area contributed by atoms with Crippen molar-refractivity contribution in [1.82, 2.24) is 14.9 Å². The number of imide groups is 2. The van der Waals surface area contributed by atoms with Gasteiger partial charge in [0.25, 0.3) is 11.8 Å². The number of aromatic hydroxyl groups is 1. The lowest BCUT2D eigenvalue weighted by Gasteiger charge is -2.50. The van der Waals surface area contributed by atoms with E-state index in [-0.39, 0.29) is 52.5 Å². The first-order chi connectivity index (χ1) is 26.2. The number of anilines is 1. The predicted octanol–water partition coefficient (Wildman–Crippen LogP) is 8.20. The maximum Gasteiger partial charge on any atom is 0.417 e. The molecule has 0 radical (unpaired) electrons. The molecule has 16 heteroatoms. The number of rotatable bonds is 6. The number of nitrogens with zero attached hydrogens (tertiary/aromatic N) is 3. The molecule has 55 heavy (non-hydrogen) atoms. The molecule has 2 N–H and O–H groups in total. The number of phenols is 1. The Morgan fingerprint density at radius 2 is 1.69 bits per heavy atom. The molecule has 4 amide bonds. The van der Waals surface area contributed by atoms with Gasteiger partial charge in [-0.05, 0) is 89.0 Å². The van der Waals surface area contributed by atoms with Crippen molar-refractivity contribution in [2.45, 2.75) is 68.5 Å². The van der Waals surface area contributed by atoms with Gasteiger partial charge in [-0.2, -0.15) is 18.2 Å². The normalized spacial score (nSPS) is 28.2. The number of halogens is 6. The Labute approximate surface area is 332 Å². The number of carbonyl (C=O) groups is 4. The molecule has 8 rings (SSSR count). The molecule has 6 atom stereocenters. The number of hydrazine groups is 1. The second-order valence-electron chi connectivity index (χ2n) is 14.8. The molecule has 10 nitrogen and oxygen atoms in total. The number of nitrogens with one attached hydrogen (secondary N) is 1. The zero-order valence-corrected chi connectivity index (χ0v) is 32.3. The maximum absolute atomic E-state index is 15.4. The Kier molecular flexibility index (Phi) is 9.48. The monoisotopic (exact) mass is 860 g/mol. The number of carbonyl (C=O) groups excluding carboxylic acids is 4. The standard InChI is InChI=1S/C39H34BrCl2F3N4O6/c1-55-29-14-18(13-27(40)32(29)50)31-23-11-12-24-30(36(53)48(34(24)51)22-5-3-2-4-6-22)25(23)16-26-35(52)49(37(54)38(26,31)19-7-9-21(41)10-8-19)47-33-28(42)15-20(17-46-33)39(43,44)45/h7-11,13-15,17,22,24-26,30-31,50H,2-6,12,16H2,1H3,(H,46,47). The van der Waals surface area contributed by atoms with Gasteiger partial charge in [0, 0.05) is 23.2 Å². The van der Waals surface area contributed by atoms with Gasteiger partial charge in [0.05, 0.1) is 45.3 Å². The van der Waals surface area contributed by atoms with Crippen molar-refractivity contribution in [3.8, 4) is 11.5 Å². The van der Waals surface area contributed by atoms with Gasteiger partial charge in [0.2, 0.25) is 11.8 Å². The van der Waals surface area contributed by atoms with Crippen molar-refractivity contribution in [2.75, 3.05) is 12.5 Å². The van der Waals surface area contributed by atoms with Crippen LogP contribution in [0.4, 0.5) is 19.0 Å². The van der Waals surface area contributed by atoms with Gasteiger partial charge in [-0.15, -0.1) is 0 Å². The van der Waals surface area contributed by atoms with E-state index in [4.69, 9.17) is 27.9 Å². The van der Waals surface area contributed by atoms with Crippen LogP contribution in [0.15, 0.2) is 64.8 Å². The average Bonchev–Trinajstić information content (AvgIpc) is 3.54. The molecule has 3 aliphatic carbocycles. The van der Waals surface area contributed by atoms with Crippen LogP contribution in [0.25, 0.3) is 0 Å². The summed E-state index contributed by atoms with van der Waals surface area (Å²) in [6.07, 6.45) is 2.24. The first-order valence-corrected chi connectivity index (χ1v) is 19.5. The van der Waals surface area contributed by atoms with Crippen molar-refractivity contribution in [2.24, 2.45) is 23.7 Å². The highest BCUT2D eigenvalue weighted by molar-refractivity contribution is 9.10. The number of hydrogen-bond donors (Lipinski definition) is 2. The summed E-state index contributed by atoms with van der Waals surface area (Å²) in [7, 11) is 1.37. The number of aromatic nitrogens is 1. The highest BCUT2D eigenvalue weighted by Gasteiger charge is 2.70. The number of phenolic OH excluding ortho intramolecular Hbond substituents is 1. The molecule has 3 aromatic rings. The third-order valence-electron chi connectivity index (χ3n) is 12.1. The minimum atomic E-state index is -4.75. The number of hydrogen-bond acceptors (Lipinski definition) is 8. The van der Waals surface area contributed by atoms with Crippen LogP contribution in [-0.2, 0) is 30.8 Å². The summed E-state index contributed by atoms with van der Waals surface area (Å²) in [6, 6.07) is 10.1. The number of benzene rings is 2. The molecule has 2 saturated heterocycles. The third kappa shape index (κ3) is 5.84. The van der Waals surface area contributed by atoms with Crippen LogP contribution in [0.2, 0.25) is 10.0 Å². The minimum absolute atomic E-state index is 0.00301. The van der Waals surface area contributed by atoms with Gasteiger partial charge in [0.15, 0.2) is 17.3 Å². The molecular formula is C39H34BrCl2F3N4O6. The van der Waals surface area contributed by atoms with Crippen molar-refractivity contribution in [3.05, 3.63) is 91.5 Å². The lowest BCUT2D eigenvalue weighted by Crippen LogP contribution is -2.53. The molecule has 6 unspecified atom stereocenters. The van der Waals surface area contributed by atoms with Gasteiger partial charge < -0.3 is 9.84 Å². The van der Waals surface area contributed by atoms with E-state index in [1.807, 2.05) is 6.08 Å². The van der Waals surface area contributed by atoms with Crippen LogP contribution in [0.5, 0.6) is 11.5 Å². The molecule has 2 saturated carbocycles. The van der Waals surface area contributed by atoms with E-state index in [0.717, 1.165) is 37.1 Å². The van der Waals surface area contributed by atoms with E-state index >= 15 is 4.79 Å². The fraction of sp³-hybridized carbons (Fsp3) is 0.410. The third-order valence-corrected chi connectivity index (χ3v) is 13.3. The SMILES string of the molecule is COc1cc(C2C3=CCC4C(=O)N(C5CCCCC5)C(=O)C4C3CC3C(=O)N(Nc4ncc(C(F)(F)F)cc4Cl)C(=O)C32c2ccc(Cl)cc2)cc(Br)c1O. The number of likely N-dealkylation sites (tertiary alicyclic amines) is 1. The van der Waals surface area contributed by atoms with E-state index in [2.05, 4.69) is 26.3 Å². The molecule has 0 bridgehead atoms. The highest BCUT2D eigenvalue weighted by atomic mass is 79.9. The van der Waals surface area contributed by atoms with E-state index in [9.17, 15) is 32.7 Å². The predicted molar refractivity (Wildman–Crippen MR) is 198 cm³/mol. The second kappa shape index (κ2) is 13.8. The van der Waals surface area contributed by atoms with Gasteiger partial charge in [-0.25, -0.2) is 4.98 Å². The van der Waals surface area contributed by atoms with Crippen LogP contribution < -0.4 is 10.2 Å². The summed E-state index contributed by atoms with van der Waals surface area (Å²) < 4.78 is 46.3. The van der Waals surface area contributed by atoms with Crippen molar-refractivity contribution in [3.63, 3.8) is 0 Å². The molecule has 1 aromatic heterocycles. The number of fused-ring (bicyclic) bond motifs is 4. The summed E-state index contributed by atoms with van der Waals surface area (Å²) >= 11 is 16.0. The summed E-state index contributed by atoms with van der Waals surface area (Å²) in [5.41, 5.74) is 1.32. The maximum atomic E-state index is 15.4. The molecule has 288 valence electrons. The fourth-order valence-electron chi connectivity index (χ4n) is 9.80. The zero-order valence-electron chi connectivity index (χ0n) is 29.2. The van der Waals surface area contributed by atoms with Crippen LogP contribution >= 0.6 is 39.1 Å². The molecule has 2 aromatic carbocycles. The Bertz CT molecular complexity index is 2160. The quantitative estimate of drug-likeness (QED) is 0.188. The number of amides is 4. The Balaban J connectivity index is 1.32. The second-order valence-corrected chi connectivity index (χ2v) is 16.5. The van der Waals surface area contributed by atoms with Crippen LogP contribution in [0.3, 0.4) is 0 Å². The molecule has 4 fully saturated rings. The van der Waals surface area contributed by atoms with Gasteiger partial charge in [0.1, 0.15) is 0 Å². The lowest BCUT2D eigenvalue weighted by molar-refractivity contribution is -0.144. The number of pyridine rings is 1. The van der Waals surface area contributed by atoms with Crippen LogP contribution in [0.1, 0.15) is 67.6 Å². The van der Waals surface area contributed by atoms with Crippen molar-refractivity contribution in [1.29, 1.82) is 0 Å². The van der Waals surface area contributed by atoms with Gasteiger partial charge >= 0.3 is 6.18 Å². The van der Waals surface area contributed by atoms with Gasteiger partial charge in [-0.3, -0.25) is 29.5 Å². The van der Waals surface area contributed by atoms with E-state index < -0.39 is 63.6 Å².